The fourth-order valence-electron chi connectivity index (χ4n) is 3.98. The van der Waals surface area contributed by atoms with Crippen LogP contribution in [0.3, 0.4) is 0 Å². The normalized spacial score (nSPS) is 19.0. The lowest BCUT2D eigenvalue weighted by atomic mass is 9.89. The van der Waals surface area contributed by atoms with Crippen LogP contribution in [0.2, 0.25) is 0 Å². The van der Waals surface area contributed by atoms with Crippen LogP contribution in [0.5, 0.6) is 0 Å². The topological polar surface area (TPSA) is 81.5 Å². The number of carbonyl (C=O) groups is 1. The maximum Gasteiger partial charge on any atom is 0.419 e. The molecule has 0 aliphatic carbocycles. The van der Waals surface area contributed by atoms with E-state index in [2.05, 4.69) is 12.1 Å². The van der Waals surface area contributed by atoms with E-state index in [9.17, 15) is 9.59 Å². The van der Waals surface area contributed by atoms with Crippen molar-refractivity contribution in [3.05, 3.63) is 70.7 Å². The Hall–Kier alpha value is -2.57. The Kier molecular flexibility index (Phi) is 6.21. The maximum absolute atomic E-state index is 12.8. The second kappa shape index (κ2) is 8.63. The van der Waals surface area contributed by atoms with E-state index in [1.807, 2.05) is 41.3 Å². The molecule has 2 N–H and O–H groups in total. The summed E-state index contributed by atoms with van der Waals surface area (Å²) in [6.45, 7) is 2.20. The second-order valence-electron chi connectivity index (χ2n) is 7.05. The third kappa shape index (κ3) is 3.84. The molecular weight excluding hydrogens is 378 g/mol. The molecule has 1 amide bonds. The van der Waals surface area contributed by atoms with Crippen molar-refractivity contribution in [1.82, 2.24) is 9.47 Å². The van der Waals surface area contributed by atoms with Gasteiger partial charge in [0.25, 0.3) is 0 Å². The molecule has 2 aromatic carbocycles. The standard InChI is InChI=1S/C21H23N3O3.ClH/c22-12-16-13-23(14-17(16)15-6-2-1-3-7-15)20(25)10-11-24-18-8-4-5-9-19(18)27-21(24)26;/h1-9,16-17H,10-14,22H2;1H/t16-,17+;/m1./s1. The van der Waals surface area contributed by atoms with Crippen LogP contribution in [0.1, 0.15) is 17.9 Å². The lowest BCUT2D eigenvalue weighted by molar-refractivity contribution is -0.130. The first-order valence-electron chi connectivity index (χ1n) is 9.28. The van der Waals surface area contributed by atoms with Crippen LogP contribution in [0, 0.1) is 5.92 Å². The van der Waals surface area contributed by atoms with Crippen LogP contribution in [-0.2, 0) is 11.3 Å². The van der Waals surface area contributed by atoms with Crippen molar-refractivity contribution in [3.63, 3.8) is 0 Å². The number of hydrogen-bond donors (Lipinski definition) is 1. The van der Waals surface area contributed by atoms with Crippen molar-refractivity contribution in [2.75, 3.05) is 19.6 Å². The number of aryl methyl sites for hydroxylation is 1. The molecule has 0 saturated carbocycles. The number of carbonyl (C=O) groups excluding carboxylic acids is 1. The molecule has 0 bridgehead atoms. The quantitative estimate of drug-likeness (QED) is 0.712. The van der Waals surface area contributed by atoms with Gasteiger partial charge >= 0.3 is 5.76 Å². The number of nitrogens with zero attached hydrogens (tertiary/aromatic N) is 2. The molecule has 2 heterocycles. The Morgan fingerprint density at radius 3 is 2.54 bits per heavy atom. The molecule has 3 aromatic rings. The smallest absolute Gasteiger partial charge is 0.408 e. The number of aromatic nitrogens is 1. The van der Waals surface area contributed by atoms with Crippen molar-refractivity contribution in [2.24, 2.45) is 11.7 Å². The van der Waals surface area contributed by atoms with Gasteiger partial charge in [-0.1, -0.05) is 42.5 Å². The predicted octanol–water partition coefficient (Wildman–Crippen LogP) is 2.61. The van der Waals surface area contributed by atoms with E-state index in [4.69, 9.17) is 10.2 Å². The third-order valence-electron chi connectivity index (χ3n) is 5.45. The molecular formula is C21H24ClN3O3. The Bertz CT molecular complexity index is 999. The number of rotatable bonds is 5. The van der Waals surface area contributed by atoms with Gasteiger partial charge in [-0.25, -0.2) is 4.79 Å². The average molecular weight is 402 g/mol. The number of hydrogen-bond acceptors (Lipinski definition) is 4. The van der Waals surface area contributed by atoms with Gasteiger partial charge in [0.05, 0.1) is 5.52 Å². The Morgan fingerprint density at radius 1 is 1.07 bits per heavy atom. The van der Waals surface area contributed by atoms with E-state index in [-0.39, 0.29) is 36.6 Å². The fourth-order valence-corrected chi connectivity index (χ4v) is 3.98. The highest BCUT2D eigenvalue weighted by Gasteiger charge is 2.35. The zero-order chi connectivity index (χ0) is 18.8. The fraction of sp³-hybridized carbons (Fsp3) is 0.333. The molecule has 148 valence electrons. The van der Waals surface area contributed by atoms with E-state index in [1.165, 1.54) is 10.1 Å². The first-order chi connectivity index (χ1) is 13.2. The third-order valence-corrected chi connectivity index (χ3v) is 5.45. The molecule has 1 aliphatic heterocycles. The number of oxazole rings is 1. The molecule has 1 fully saturated rings. The molecule has 6 nitrogen and oxygen atoms in total. The van der Waals surface area contributed by atoms with Crippen molar-refractivity contribution >= 4 is 29.4 Å². The number of amides is 1. The number of benzene rings is 2. The molecule has 1 saturated heterocycles. The zero-order valence-corrected chi connectivity index (χ0v) is 16.3. The largest absolute Gasteiger partial charge is 0.419 e. The molecule has 0 unspecified atom stereocenters. The summed E-state index contributed by atoms with van der Waals surface area (Å²) in [5.41, 5.74) is 8.45. The Labute approximate surface area is 169 Å². The van der Waals surface area contributed by atoms with Crippen molar-refractivity contribution < 1.29 is 9.21 Å². The van der Waals surface area contributed by atoms with Gasteiger partial charge in [-0.05, 0) is 30.2 Å². The number of likely N-dealkylation sites (tertiary alicyclic amines) is 1. The van der Waals surface area contributed by atoms with Crippen molar-refractivity contribution in [1.29, 1.82) is 0 Å². The van der Waals surface area contributed by atoms with E-state index in [0.717, 1.165) is 5.52 Å². The number of fused-ring (bicyclic) bond motifs is 1. The van der Waals surface area contributed by atoms with Gasteiger partial charge in [0.15, 0.2) is 5.58 Å². The number of halogens is 1. The van der Waals surface area contributed by atoms with Crippen molar-refractivity contribution in [2.45, 2.75) is 18.9 Å². The van der Waals surface area contributed by atoms with Crippen LogP contribution < -0.4 is 11.5 Å². The summed E-state index contributed by atoms with van der Waals surface area (Å²) in [7, 11) is 0. The molecule has 0 radical (unpaired) electrons. The summed E-state index contributed by atoms with van der Waals surface area (Å²) in [5.74, 6) is 0.142. The first-order valence-corrected chi connectivity index (χ1v) is 9.28. The molecule has 4 rings (SSSR count). The molecule has 2 atom stereocenters. The minimum Gasteiger partial charge on any atom is -0.408 e. The van der Waals surface area contributed by atoms with Crippen molar-refractivity contribution in [3.8, 4) is 0 Å². The molecule has 0 spiro atoms. The molecule has 7 heteroatoms. The van der Waals surface area contributed by atoms with Crippen LogP contribution >= 0.6 is 12.4 Å². The van der Waals surface area contributed by atoms with Gasteiger partial charge in [-0.2, -0.15) is 0 Å². The monoisotopic (exact) mass is 401 g/mol. The molecule has 1 aliphatic rings. The minimum atomic E-state index is -0.424. The lowest BCUT2D eigenvalue weighted by Gasteiger charge is -2.17. The van der Waals surface area contributed by atoms with Gasteiger partial charge in [-0.3, -0.25) is 9.36 Å². The average Bonchev–Trinajstić information content (AvgIpc) is 3.27. The van der Waals surface area contributed by atoms with E-state index < -0.39 is 5.76 Å². The molecule has 1 aromatic heterocycles. The van der Waals surface area contributed by atoms with Gasteiger partial charge in [0.1, 0.15) is 0 Å². The molecule has 28 heavy (non-hydrogen) atoms. The van der Waals surface area contributed by atoms with Gasteiger partial charge in [0, 0.05) is 32.0 Å². The highest BCUT2D eigenvalue weighted by atomic mass is 35.5. The predicted molar refractivity (Wildman–Crippen MR) is 111 cm³/mol. The van der Waals surface area contributed by atoms with Crippen LogP contribution in [0.25, 0.3) is 11.1 Å². The summed E-state index contributed by atoms with van der Waals surface area (Å²) in [6.07, 6.45) is 0.266. The SMILES string of the molecule is Cl.NC[C@@H]1CN(C(=O)CCn2c(=O)oc3ccccc32)C[C@H]1c1ccccc1. The Balaban J connectivity index is 0.00000225. The van der Waals surface area contributed by atoms with Gasteiger partial charge < -0.3 is 15.1 Å². The van der Waals surface area contributed by atoms with Crippen LogP contribution in [0.4, 0.5) is 0 Å². The minimum absolute atomic E-state index is 0. The van der Waals surface area contributed by atoms with Crippen LogP contribution in [-0.4, -0.2) is 35.0 Å². The first kappa shape index (κ1) is 20.2. The summed E-state index contributed by atoms with van der Waals surface area (Å²) < 4.78 is 6.76. The summed E-state index contributed by atoms with van der Waals surface area (Å²) >= 11 is 0. The van der Waals surface area contributed by atoms with Gasteiger partial charge in [-0.15, -0.1) is 12.4 Å². The highest BCUT2D eigenvalue weighted by molar-refractivity contribution is 5.85. The highest BCUT2D eigenvalue weighted by Crippen LogP contribution is 2.32. The zero-order valence-electron chi connectivity index (χ0n) is 15.5. The maximum atomic E-state index is 12.8. The van der Waals surface area contributed by atoms with E-state index >= 15 is 0 Å². The number of para-hydroxylation sites is 2. The van der Waals surface area contributed by atoms with E-state index in [0.29, 0.717) is 31.8 Å². The second-order valence-corrected chi connectivity index (χ2v) is 7.05. The lowest BCUT2D eigenvalue weighted by Crippen LogP contribution is -2.31. The van der Waals surface area contributed by atoms with E-state index in [1.54, 1.807) is 6.07 Å². The van der Waals surface area contributed by atoms with Gasteiger partial charge in [0.2, 0.25) is 5.91 Å². The summed E-state index contributed by atoms with van der Waals surface area (Å²) in [5, 5.41) is 0. The number of nitrogens with two attached hydrogens (primary N) is 1. The van der Waals surface area contributed by atoms with Crippen LogP contribution in [0.15, 0.2) is 63.8 Å². The summed E-state index contributed by atoms with van der Waals surface area (Å²) in [6, 6.07) is 17.5. The Morgan fingerprint density at radius 2 is 1.79 bits per heavy atom. The summed E-state index contributed by atoms with van der Waals surface area (Å²) in [4.78, 5) is 26.7.